The Kier molecular flexibility index (Phi) is 5.24. The Hall–Kier alpha value is -2.92. The standard InChI is InChI=1S/C23H22ClN3O2/c1-23(10-2-3-21(28)27-23)14-26-22(29)16-4-5-17-12-25-13-20(19(17)11-16)15-6-8-18(24)9-7-15/h4-9,11-13H,2-3,10,14H2,1H3,(H,26,29)(H,27,28). The van der Waals surface area contributed by atoms with Crippen LogP contribution in [-0.2, 0) is 4.79 Å². The van der Waals surface area contributed by atoms with Gasteiger partial charge in [-0.05, 0) is 55.0 Å². The average Bonchev–Trinajstić information content (AvgIpc) is 2.72. The molecule has 2 N–H and O–H groups in total. The molecule has 1 saturated heterocycles. The first-order chi connectivity index (χ1) is 13.9. The maximum atomic E-state index is 12.8. The van der Waals surface area contributed by atoms with E-state index in [-0.39, 0.29) is 11.8 Å². The summed E-state index contributed by atoms with van der Waals surface area (Å²) in [5.74, 6) is -0.120. The van der Waals surface area contributed by atoms with Crippen molar-refractivity contribution in [2.75, 3.05) is 6.54 Å². The normalized spacial score (nSPS) is 19.0. The number of nitrogens with zero attached hydrogens (tertiary/aromatic N) is 1. The first-order valence-corrected chi connectivity index (χ1v) is 10.0. The minimum atomic E-state index is -0.403. The largest absolute Gasteiger partial charge is 0.350 e. The van der Waals surface area contributed by atoms with Gasteiger partial charge in [0.1, 0.15) is 0 Å². The summed E-state index contributed by atoms with van der Waals surface area (Å²) in [5, 5.41) is 8.55. The van der Waals surface area contributed by atoms with Gasteiger partial charge in [0, 0.05) is 46.9 Å². The van der Waals surface area contributed by atoms with E-state index in [0.29, 0.717) is 23.6 Å². The van der Waals surface area contributed by atoms with E-state index in [1.807, 2.05) is 43.3 Å². The Morgan fingerprint density at radius 1 is 1.21 bits per heavy atom. The van der Waals surface area contributed by atoms with E-state index in [2.05, 4.69) is 15.6 Å². The number of benzene rings is 2. The van der Waals surface area contributed by atoms with Crippen LogP contribution >= 0.6 is 11.6 Å². The third kappa shape index (κ3) is 4.25. The van der Waals surface area contributed by atoms with Gasteiger partial charge in [0.15, 0.2) is 0 Å². The number of carbonyl (C=O) groups is 2. The molecule has 148 valence electrons. The van der Waals surface area contributed by atoms with Crippen LogP contribution in [0.2, 0.25) is 5.02 Å². The molecule has 1 fully saturated rings. The van der Waals surface area contributed by atoms with Gasteiger partial charge in [-0.2, -0.15) is 0 Å². The van der Waals surface area contributed by atoms with Crippen LogP contribution in [0.15, 0.2) is 54.9 Å². The number of carbonyl (C=O) groups excluding carboxylic acids is 2. The van der Waals surface area contributed by atoms with Crippen LogP contribution in [0.1, 0.15) is 36.5 Å². The van der Waals surface area contributed by atoms with Crippen molar-refractivity contribution in [2.24, 2.45) is 0 Å². The molecular weight excluding hydrogens is 386 g/mol. The Bertz CT molecular complexity index is 1080. The minimum Gasteiger partial charge on any atom is -0.350 e. The number of nitrogens with one attached hydrogen (secondary N) is 2. The molecule has 0 radical (unpaired) electrons. The van der Waals surface area contributed by atoms with E-state index >= 15 is 0 Å². The number of aromatic nitrogens is 1. The number of pyridine rings is 1. The SMILES string of the molecule is CC1(CNC(=O)c2ccc3cncc(-c4ccc(Cl)cc4)c3c2)CCCC(=O)N1. The highest BCUT2D eigenvalue weighted by Crippen LogP contribution is 2.29. The Morgan fingerprint density at radius 2 is 2.00 bits per heavy atom. The molecule has 2 heterocycles. The summed E-state index contributed by atoms with van der Waals surface area (Å²) in [5.41, 5.74) is 2.10. The highest BCUT2D eigenvalue weighted by atomic mass is 35.5. The fraction of sp³-hybridized carbons (Fsp3) is 0.261. The van der Waals surface area contributed by atoms with Crippen molar-refractivity contribution in [3.05, 3.63) is 65.4 Å². The number of piperidine rings is 1. The smallest absolute Gasteiger partial charge is 0.251 e. The molecule has 1 unspecified atom stereocenters. The molecule has 4 rings (SSSR count). The third-order valence-corrected chi connectivity index (χ3v) is 5.64. The maximum Gasteiger partial charge on any atom is 0.251 e. The van der Waals surface area contributed by atoms with Crippen LogP contribution in [0.5, 0.6) is 0 Å². The topological polar surface area (TPSA) is 71.1 Å². The highest BCUT2D eigenvalue weighted by Gasteiger charge is 2.30. The number of halogens is 1. The molecule has 0 saturated carbocycles. The lowest BCUT2D eigenvalue weighted by atomic mass is 9.90. The highest BCUT2D eigenvalue weighted by molar-refractivity contribution is 6.30. The predicted octanol–water partition coefficient (Wildman–Crippen LogP) is 4.34. The zero-order valence-corrected chi connectivity index (χ0v) is 16.9. The zero-order valence-electron chi connectivity index (χ0n) is 16.2. The van der Waals surface area contributed by atoms with Crippen molar-refractivity contribution in [1.82, 2.24) is 15.6 Å². The number of amides is 2. The van der Waals surface area contributed by atoms with E-state index in [1.165, 1.54) is 0 Å². The van der Waals surface area contributed by atoms with Crippen LogP contribution in [-0.4, -0.2) is 28.9 Å². The van der Waals surface area contributed by atoms with E-state index < -0.39 is 5.54 Å². The molecule has 2 amide bonds. The molecule has 1 aromatic heterocycles. The van der Waals surface area contributed by atoms with Gasteiger partial charge in [-0.1, -0.05) is 29.8 Å². The summed E-state index contributed by atoms with van der Waals surface area (Å²) in [4.78, 5) is 28.8. The van der Waals surface area contributed by atoms with E-state index in [1.54, 1.807) is 18.5 Å². The monoisotopic (exact) mass is 407 g/mol. The maximum absolute atomic E-state index is 12.8. The Labute approximate surface area is 174 Å². The molecule has 3 aromatic rings. The lowest BCUT2D eigenvalue weighted by Crippen LogP contribution is -2.55. The first kappa shape index (κ1) is 19.4. The van der Waals surface area contributed by atoms with E-state index in [9.17, 15) is 9.59 Å². The molecule has 1 atom stereocenters. The molecule has 0 bridgehead atoms. The summed E-state index contributed by atoms with van der Waals surface area (Å²) >= 11 is 6.01. The molecular formula is C23H22ClN3O2. The van der Waals surface area contributed by atoms with Crippen LogP contribution in [0.4, 0.5) is 0 Å². The van der Waals surface area contributed by atoms with Crippen LogP contribution < -0.4 is 10.6 Å². The van der Waals surface area contributed by atoms with Crippen molar-refractivity contribution in [3.63, 3.8) is 0 Å². The van der Waals surface area contributed by atoms with Gasteiger partial charge >= 0.3 is 0 Å². The molecule has 0 spiro atoms. The quantitative estimate of drug-likeness (QED) is 0.675. The Morgan fingerprint density at radius 3 is 2.76 bits per heavy atom. The Balaban J connectivity index is 1.59. The van der Waals surface area contributed by atoms with Gasteiger partial charge in [-0.3, -0.25) is 14.6 Å². The zero-order chi connectivity index (χ0) is 20.4. The van der Waals surface area contributed by atoms with Crippen molar-refractivity contribution in [3.8, 4) is 11.1 Å². The van der Waals surface area contributed by atoms with Crippen molar-refractivity contribution >= 4 is 34.2 Å². The number of fused-ring (bicyclic) bond motifs is 1. The summed E-state index contributed by atoms with van der Waals surface area (Å²) in [6.07, 6.45) is 5.82. The van der Waals surface area contributed by atoms with Crippen molar-refractivity contribution in [1.29, 1.82) is 0 Å². The number of hydrogen-bond acceptors (Lipinski definition) is 3. The van der Waals surface area contributed by atoms with E-state index in [0.717, 1.165) is 34.7 Å². The van der Waals surface area contributed by atoms with Gasteiger partial charge in [0.25, 0.3) is 5.91 Å². The predicted molar refractivity (Wildman–Crippen MR) is 115 cm³/mol. The third-order valence-electron chi connectivity index (χ3n) is 5.39. The molecule has 1 aliphatic rings. The second-order valence-corrected chi connectivity index (χ2v) is 8.21. The van der Waals surface area contributed by atoms with Gasteiger partial charge in [-0.15, -0.1) is 0 Å². The van der Waals surface area contributed by atoms with Gasteiger partial charge in [0.2, 0.25) is 5.91 Å². The average molecular weight is 408 g/mol. The molecule has 5 nitrogen and oxygen atoms in total. The van der Waals surface area contributed by atoms with Gasteiger partial charge < -0.3 is 10.6 Å². The molecule has 29 heavy (non-hydrogen) atoms. The summed E-state index contributed by atoms with van der Waals surface area (Å²) < 4.78 is 0. The van der Waals surface area contributed by atoms with Gasteiger partial charge in [-0.25, -0.2) is 0 Å². The second kappa shape index (κ2) is 7.84. The van der Waals surface area contributed by atoms with Gasteiger partial charge in [0.05, 0.1) is 5.54 Å². The summed E-state index contributed by atoms with van der Waals surface area (Å²) in [7, 11) is 0. The fourth-order valence-corrected chi connectivity index (χ4v) is 3.90. The minimum absolute atomic E-state index is 0.0406. The van der Waals surface area contributed by atoms with E-state index in [4.69, 9.17) is 11.6 Å². The second-order valence-electron chi connectivity index (χ2n) is 7.77. The molecule has 2 aromatic carbocycles. The molecule has 6 heteroatoms. The van der Waals surface area contributed by atoms with Crippen LogP contribution in [0.3, 0.4) is 0 Å². The molecule has 1 aliphatic heterocycles. The fourth-order valence-electron chi connectivity index (χ4n) is 3.78. The van der Waals surface area contributed by atoms with Crippen LogP contribution in [0, 0.1) is 0 Å². The summed E-state index contributed by atoms with van der Waals surface area (Å²) in [6.45, 7) is 2.37. The lowest BCUT2D eigenvalue weighted by molar-refractivity contribution is -0.124. The van der Waals surface area contributed by atoms with Crippen molar-refractivity contribution < 1.29 is 9.59 Å². The van der Waals surface area contributed by atoms with Crippen LogP contribution in [0.25, 0.3) is 21.9 Å². The number of hydrogen-bond donors (Lipinski definition) is 2. The first-order valence-electron chi connectivity index (χ1n) is 9.66. The van der Waals surface area contributed by atoms with Crippen molar-refractivity contribution in [2.45, 2.75) is 31.7 Å². The summed E-state index contributed by atoms with van der Waals surface area (Å²) in [6, 6.07) is 13.2. The molecule has 0 aliphatic carbocycles. The number of rotatable bonds is 4. The lowest BCUT2D eigenvalue weighted by Gasteiger charge is -2.34.